The molecule has 138 valence electrons. The number of nitrogens with one attached hydrogen (secondary N) is 1. The zero-order valence-electron chi connectivity index (χ0n) is 14.6. The second kappa shape index (κ2) is 8.27. The minimum absolute atomic E-state index is 0.00792. The molecule has 0 spiro atoms. The maximum Gasteiger partial charge on any atom is 0.354 e. The fourth-order valence-corrected chi connectivity index (χ4v) is 3.67. The number of piperidine rings is 1. The van der Waals surface area contributed by atoms with Crippen LogP contribution in [-0.4, -0.2) is 46.6 Å². The summed E-state index contributed by atoms with van der Waals surface area (Å²) in [5, 5.41) is 15.0. The SMILES string of the molecule is Cc1nc(CC(=O)NCC2CCN(c3cccc(C(=O)O)n3)CC2)cs1. The second-order valence-electron chi connectivity index (χ2n) is 6.46. The van der Waals surface area contributed by atoms with Crippen LogP contribution in [0.3, 0.4) is 0 Å². The molecule has 1 aliphatic rings. The number of aryl methyl sites for hydroxylation is 1. The van der Waals surface area contributed by atoms with E-state index < -0.39 is 5.97 Å². The molecule has 1 amide bonds. The van der Waals surface area contributed by atoms with Crippen LogP contribution in [0.4, 0.5) is 5.82 Å². The van der Waals surface area contributed by atoms with Gasteiger partial charge in [-0.05, 0) is 37.8 Å². The number of pyridine rings is 1. The predicted octanol–water partition coefficient (Wildman–Crippen LogP) is 2.12. The van der Waals surface area contributed by atoms with Crippen LogP contribution >= 0.6 is 11.3 Å². The van der Waals surface area contributed by atoms with Crippen LogP contribution in [0.1, 0.15) is 34.0 Å². The highest BCUT2D eigenvalue weighted by molar-refractivity contribution is 7.09. The average Bonchev–Trinajstić information content (AvgIpc) is 3.05. The van der Waals surface area contributed by atoms with Crippen molar-refractivity contribution in [3.05, 3.63) is 40.0 Å². The van der Waals surface area contributed by atoms with Gasteiger partial charge >= 0.3 is 5.97 Å². The number of anilines is 1. The largest absolute Gasteiger partial charge is 0.477 e. The molecule has 2 aromatic heterocycles. The third-order valence-electron chi connectivity index (χ3n) is 4.49. The Morgan fingerprint density at radius 1 is 1.31 bits per heavy atom. The van der Waals surface area contributed by atoms with Crippen LogP contribution in [0.5, 0.6) is 0 Å². The fraction of sp³-hybridized carbons (Fsp3) is 0.444. The van der Waals surface area contributed by atoms with Gasteiger partial charge in [0.2, 0.25) is 5.91 Å². The molecular weight excluding hydrogens is 352 g/mol. The molecule has 0 saturated carbocycles. The van der Waals surface area contributed by atoms with Gasteiger partial charge in [0.05, 0.1) is 17.1 Å². The number of amides is 1. The quantitative estimate of drug-likeness (QED) is 0.804. The first kappa shape index (κ1) is 18.3. The van der Waals surface area contributed by atoms with Crippen LogP contribution in [-0.2, 0) is 11.2 Å². The summed E-state index contributed by atoms with van der Waals surface area (Å²) in [6, 6.07) is 5.06. The molecule has 0 bridgehead atoms. The van der Waals surface area contributed by atoms with Gasteiger partial charge in [-0.3, -0.25) is 4.79 Å². The minimum atomic E-state index is -1.01. The van der Waals surface area contributed by atoms with E-state index >= 15 is 0 Å². The van der Waals surface area contributed by atoms with Crippen molar-refractivity contribution in [1.82, 2.24) is 15.3 Å². The van der Waals surface area contributed by atoms with Crippen molar-refractivity contribution in [1.29, 1.82) is 0 Å². The van der Waals surface area contributed by atoms with Gasteiger partial charge in [-0.25, -0.2) is 14.8 Å². The molecule has 8 heteroatoms. The highest BCUT2D eigenvalue weighted by atomic mass is 32.1. The molecule has 3 heterocycles. The van der Waals surface area contributed by atoms with E-state index in [0.717, 1.165) is 36.6 Å². The number of hydrogen-bond acceptors (Lipinski definition) is 6. The summed E-state index contributed by atoms with van der Waals surface area (Å²) < 4.78 is 0. The first-order valence-electron chi connectivity index (χ1n) is 8.64. The zero-order chi connectivity index (χ0) is 18.5. The molecule has 7 nitrogen and oxygen atoms in total. The smallest absolute Gasteiger partial charge is 0.354 e. The van der Waals surface area contributed by atoms with E-state index in [1.54, 1.807) is 17.4 Å². The standard InChI is InChI=1S/C18H22N4O3S/c1-12-20-14(11-26-12)9-17(23)19-10-13-5-7-22(8-6-13)16-4-2-3-15(21-16)18(24)25/h2-4,11,13H,5-10H2,1H3,(H,19,23)(H,24,25). The highest BCUT2D eigenvalue weighted by Gasteiger charge is 2.21. The number of aromatic carboxylic acids is 1. The van der Waals surface area contributed by atoms with Crippen LogP contribution in [0.25, 0.3) is 0 Å². The van der Waals surface area contributed by atoms with Crippen LogP contribution < -0.4 is 10.2 Å². The Labute approximate surface area is 156 Å². The Morgan fingerprint density at radius 2 is 2.08 bits per heavy atom. The normalized spacial score (nSPS) is 15.0. The topological polar surface area (TPSA) is 95.4 Å². The van der Waals surface area contributed by atoms with Crippen molar-refractivity contribution in [2.75, 3.05) is 24.5 Å². The fourth-order valence-electron chi connectivity index (χ4n) is 3.06. The van der Waals surface area contributed by atoms with Gasteiger partial charge in [-0.15, -0.1) is 11.3 Å². The number of carbonyl (C=O) groups is 2. The van der Waals surface area contributed by atoms with Crippen molar-refractivity contribution in [2.45, 2.75) is 26.2 Å². The summed E-state index contributed by atoms with van der Waals surface area (Å²) in [6.07, 6.45) is 2.21. The van der Waals surface area contributed by atoms with Crippen molar-refractivity contribution in [3.63, 3.8) is 0 Å². The van der Waals surface area contributed by atoms with Crippen molar-refractivity contribution in [3.8, 4) is 0 Å². The van der Waals surface area contributed by atoms with Gasteiger partial charge in [-0.1, -0.05) is 6.07 Å². The van der Waals surface area contributed by atoms with Gasteiger partial charge in [0.25, 0.3) is 0 Å². The van der Waals surface area contributed by atoms with Gasteiger partial charge in [0.1, 0.15) is 5.82 Å². The molecule has 1 fully saturated rings. The highest BCUT2D eigenvalue weighted by Crippen LogP contribution is 2.21. The van der Waals surface area contributed by atoms with Crippen molar-refractivity contribution in [2.24, 2.45) is 5.92 Å². The molecule has 1 saturated heterocycles. The van der Waals surface area contributed by atoms with E-state index in [1.807, 2.05) is 18.4 Å². The third kappa shape index (κ3) is 4.78. The Morgan fingerprint density at radius 3 is 2.73 bits per heavy atom. The number of carboxylic acid groups (broad SMARTS) is 1. The molecule has 0 aliphatic carbocycles. The van der Waals surface area contributed by atoms with Crippen molar-refractivity contribution < 1.29 is 14.7 Å². The molecule has 3 rings (SSSR count). The van der Waals surface area contributed by atoms with Gasteiger partial charge in [0, 0.05) is 25.0 Å². The molecule has 1 aliphatic heterocycles. The van der Waals surface area contributed by atoms with E-state index in [2.05, 4.69) is 20.2 Å². The molecule has 0 aromatic carbocycles. The van der Waals surface area contributed by atoms with E-state index in [1.165, 1.54) is 6.07 Å². The number of hydrogen-bond donors (Lipinski definition) is 2. The van der Waals surface area contributed by atoms with Crippen LogP contribution in [0, 0.1) is 12.8 Å². The third-order valence-corrected chi connectivity index (χ3v) is 5.31. The lowest BCUT2D eigenvalue weighted by molar-refractivity contribution is -0.120. The molecule has 2 N–H and O–H groups in total. The second-order valence-corrected chi connectivity index (χ2v) is 7.52. The summed E-state index contributed by atoms with van der Waals surface area (Å²) in [5.41, 5.74) is 0.887. The number of rotatable bonds is 6. The van der Waals surface area contributed by atoms with E-state index in [4.69, 9.17) is 5.11 Å². The van der Waals surface area contributed by atoms with Gasteiger partial charge in [-0.2, -0.15) is 0 Å². The number of aromatic nitrogens is 2. The van der Waals surface area contributed by atoms with E-state index in [-0.39, 0.29) is 11.6 Å². The number of nitrogens with zero attached hydrogens (tertiary/aromatic N) is 3. The number of carboxylic acids is 1. The molecule has 0 unspecified atom stereocenters. The van der Waals surface area contributed by atoms with Gasteiger partial charge < -0.3 is 15.3 Å². The van der Waals surface area contributed by atoms with Gasteiger partial charge in [0.15, 0.2) is 5.69 Å². The monoisotopic (exact) mass is 374 g/mol. The molecule has 0 atom stereocenters. The van der Waals surface area contributed by atoms with E-state index in [0.29, 0.717) is 24.7 Å². The Balaban J connectivity index is 1.44. The molecule has 0 radical (unpaired) electrons. The average molecular weight is 374 g/mol. The molecule has 26 heavy (non-hydrogen) atoms. The van der Waals surface area contributed by atoms with E-state index in [9.17, 15) is 9.59 Å². The van der Waals surface area contributed by atoms with Crippen molar-refractivity contribution >= 4 is 29.0 Å². The number of thiazole rings is 1. The Kier molecular flexibility index (Phi) is 5.82. The Bertz CT molecular complexity index is 784. The summed E-state index contributed by atoms with van der Waals surface area (Å²) in [6.45, 7) is 4.21. The summed E-state index contributed by atoms with van der Waals surface area (Å²) >= 11 is 1.55. The molecular formula is C18H22N4O3S. The first-order chi connectivity index (χ1) is 12.5. The lowest BCUT2D eigenvalue weighted by Gasteiger charge is -2.33. The zero-order valence-corrected chi connectivity index (χ0v) is 15.5. The summed E-state index contributed by atoms with van der Waals surface area (Å²) in [4.78, 5) is 33.7. The number of carbonyl (C=O) groups excluding carboxylic acids is 1. The Hall–Kier alpha value is -2.48. The lowest BCUT2D eigenvalue weighted by atomic mass is 9.96. The predicted molar refractivity (Wildman–Crippen MR) is 99.7 cm³/mol. The maximum absolute atomic E-state index is 12.0. The van der Waals surface area contributed by atoms with Crippen LogP contribution in [0.15, 0.2) is 23.6 Å². The molecule has 2 aromatic rings. The lowest BCUT2D eigenvalue weighted by Crippen LogP contribution is -2.39. The maximum atomic E-state index is 12.0. The summed E-state index contributed by atoms with van der Waals surface area (Å²) in [5.74, 6) is 0.120. The van der Waals surface area contributed by atoms with Crippen LogP contribution in [0.2, 0.25) is 0 Å². The minimum Gasteiger partial charge on any atom is -0.477 e. The first-order valence-corrected chi connectivity index (χ1v) is 9.52. The summed E-state index contributed by atoms with van der Waals surface area (Å²) in [7, 11) is 0.